The van der Waals surface area contributed by atoms with Crippen molar-refractivity contribution in [1.29, 1.82) is 0 Å². The van der Waals surface area contributed by atoms with Crippen molar-refractivity contribution in [2.75, 3.05) is 12.4 Å². The van der Waals surface area contributed by atoms with Gasteiger partial charge in [0.2, 0.25) is 0 Å². The molecule has 0 bridgehead atoms. The summed E-state index contributed by atoms with van der Waals surface area (Å²) in [4.78, 5) is 16.0. The minimum Gasteiger partial charge on any atom is -0.377 e. The highest BCUT2D eigenvalue weighted by Gasteiger charge is 2.10. The number of aryl methyl sites for hydroxylation is 1. The van der Waals surface area contributed by atoms with Crippen LogP contribution in [0.4, 0.5) is 5.69 Å². The van der Waals surface area contributed by atoms with Crippen LogP contribution in [0.3, 0.4) is 0 Å². The number of carbonyl (C=O) groups excluding carboxylic acids is 1. The standard InChI is InChI=1S/C16H19N3O/c1-11-7-8-13(16(20)17-3)10-15(11)19-12(2)14-6-4-5-9-18-14/h4-10,12,19H,1-3H3,(H,17,20). The largest absolute Gasteiger partial charge is 0.377 e. The fourth-order valence-electron chi connectivity index (χ4n) is 2.00. The molecule has 0 aliphatic rings. The normalized spacial score (nSPS) is 11.8. The highest BCUT2D eigenvalue weighted by molar-refractivity contribution is 5.95. The van der Waals surface area contributed by atoms with E-state index in [9.17, 15) is 4.79 Å². The first kappa shape index (κ1) is 14.1. The van der Waals surface area contributed by atoms with Gasteiger partial charge in [0.25, 0.3) is 5.91 Å². The van der Waals surface area contributed by atoms with Gasteiger partial charge in [-0.2, -0.15) is 0 Å². The maximum absolute atomic E-state index is 11.7. The zero-order valence-corrected chi connectivity index (χ0v) is 12.0. The van der Waals surface area contributed by atoms with Gasteiger partial charge in [0.05, 0.1) is 11.7 Å². The maximum atomic E-state index is 11.7. The summed E-state index contributed by atoms with van der Waals surface area (Å²) in [6, 6.07) is 11.6. The van der Waals surface area contributed by atoms with Crippen molar-refractivity contribution in [1.82, 2.24) is 10.3 Å². The Balaban J connectivity index is 2.22. The van der Waals surface area contributed by atoms with Crippen LogP contribution in [0.5, 0.6) is 0 Å². The van der Waals surface area contributed by atoms with Crippen LogP contribution in [0.25, 0.3) is 0 Å². The van der Waals surface area contributed by atoms with E-state index in [0.29, 0.717) is 5.56 Å². The summed E-state index contributed by atoms with van der Waals surface area (Å²) in [6.45, 7) is 4.06. The summed E-state index contributed by atoms with van der Waals surface area (Å²) in [7, 11) is 1.63. The number of pyridine rings is 1. The number of carbonyl (C=O) groups is 1. The number of hydrogen-bond acceptors (Lipinski definition) is 3. The van der Waals surface area contributed by atoms with Crippen LogP contribution in [0, 0.1) is 6.92 Å². The second-order valence-electron chi connectivity index (χ2n) is 4.73. The Morgan fingerprint density at radius 2 is 2.05 bits per heavy atom. The van der Waals surface area contributed by atoms with Gasteiger partial charge in [-0.1, -0.05) is 12.1 Å². The van der Waals surface area contributed by atoms with Crippen molar-refractivity contribution in [3.8, 4) is 0 Å². The second-order valence-corrected chi connectivity index (χ2v) is 4.73. The molecule has 0 aliphatic carbocycles. The predicted octanol–water partition coefficient (Wildman–Crippen LogP) is 2.92. The van der Waals surface area contributed by atoms with Crippen LogP contribution in [0.1, 0.15) is 34.6 Å². The summed E-state index contributed by atoms with van der Waals surface area (Å²) in [6.07, 6.45) is 1.78. The Hall–Kier alpha value is -2.36. The molecule has 0 radical (unpaired) electrons. The van der Waals surface area contributed by atoms with Crippen LogP contribution in [0.2, 0.25) is 0 Å². The lowest BCUT2D eigenvalue weighted by Crippen LogP contribution is -2.18. The number of rotatable bonds is 4. The van der Waals surface area contributed by atoms with Crippen LogP contribution in [0.15, 0.2) is 42.6 Å². The number of anilines is 1. The lowest BCUT2D eigenvalue weighted by molar-refractivity contribution is 0.0963. The molecule has 0 saturated heterocycles. The monoisotopic (exact) mass is 269 g/mol. The van der Waals surface area contributed by atoms with Gasteiger partial charge in [-0.25, -0.2) is 0 Å². The van der Waals surface area contributed by atoms with Gasteiger partial charge < -0.3 is 10.6 Å². The molecule has 2 aromatic rings. The van der Waals surface area contributed by atoms with E-state index in [1.54, 1.807) is 13.2 Å². The van der Waals surface area contributed by atoms with Crippen molar-refractivity contribution in [3.63, 3.8) is 0 Å². The summed E-state index contributed by atoms with van der Waals surface area (Å²) in [5.74, 6) is -0.0847. The van der Waals surface area contributed by atoms with Gasteiger partial charge in [0, 0.05) is 24.5 Å². The minimum atomic E-state index is -0.0847. The van der Waals surface area contributed by atoms with E-state index in [2.05, 4.69) is 15.6 Å². The zero-order valence-electron chi connectivity index (χ0n) is 12.0. The van der Waals surface area contributed by atoms with E-state index >= 15 is 0 Å². The molecule has 104 valence electrons. The van der Waals surface area contributed by atoms with E-state index in [-0.39, 0.29) is 11.9 Å². The Labute approximate surface area is 119 Å². The smallest absolute Gasteiger partial charge is 0.251 e. The lowest BCUT2D eigenvalue weighted by atomic mass is 10.1. The average Bonchev–Trinajstić information content (AvgIpc) is 2.49. The molecule has 0 saturated carbocycles. The van der Waals surface area contributed by atoms with Crippen LogP contribution >= 0.6 is 0 Å². The van der Waals surface area contributed by atoms with Gasteiger partial charge in [-0.3, -0.25) is 9.78 Å². The topological polar surface area (TPSA) is 54.0 Å². The summed E-state index contributed by atoms with van der Waals surface area (Å²) in [5, 5.41) is 6.04. The van der Waals surface area contributed by atoms with E-state index in [1.807, 2.05) is 50.2 Å². The Bertz CT molecular complexity index is 596. The number of hydrogen-bond donors (Lipinski definition) is 2. The molecule has 1 atom stereocenters. The molecule has 1 aromatic heterocycles. The highest BCUT2D eigenvalue weighted by Crippen LogP contribution is 2.22. The Kier molecular flexibility index (Phi) is 4.35. The molecule has 4 nitrogen and oxygen atoms in total. The van der Waals surface area contributed by atoms with Gasteiger partial charge in [-0.15, -0.1) is 0 Å². The third-order valence-corrected chi connectivity index (χ3v) is 3.23. The number of benzene rings is 1. The van der Waals surface area contributed by atoms with Crippen molar-refractivity contribution in [2.24, 2.45) is 0 Å². The van der Waals surface area contributed by atoms with Gasteiger partial charge in [-0.05, 0) is 43.7 Å². The number of nitrogens with one attached hydrogen (secondary N) is 2. The molecule has 0 spiro atoms. The van der Waals surface area contributed by atoms with Crippen LogP contribution < -0.4 is 10.6 Å². The zero-order chi connectivity index (χ0) is 14.5. The molecule has 4 heteroatoms. The summed E-state index contributed by atoms with van der Waals surface area (Å²) in [5.41, 5.74) is 3.66. The predicted molar refractivity (Wildman–Crippen MR) is 80.8 cm³/mol. The maximum Gasteiger partial charge on any atom is 0.251 e. The number of nitrogens with zero attached hydrogens (tertiary/aromatic N) is 1. The molecule has 1 heterocycles. The molecule has 1 amide bonds. The van der Waals surface area contributed by atoms with E-state index in [1.165, 1.54) is 0 Å². The fraction of sp³-hybridized carbons (Fsp3) is 0.250. The first-order valence-corrected chi connectivity index (χ1v) is 6.62. The number of amides is 1. The molecule has 2 rings (SSSR count). The summed E-state index contributed by atoms with van der Waals surface area (Å²) >= 11 is 0. The van der Waals surface area contributed by atoms with Gasteiger partial charge in [0.1, 0.15) is 0 Å². The van der Waals surface area contributed by atoms with Crippen molar-refractivity contribution >= 4 is 11.6 Å². The quantitative estimate of drug-likeness (QED) is 0.897. The molecule has 1 unspecified atom stereocenters. The van der Waals surface area contributed by atoms with Crippen molar-refractivity contribution in [3.05, 3.63) is 59.4 Å². The van der Waals surface area contributed by atoms with Crippen molar-refractivity contribution in [2.45, 2.75) is 19.9 Å². The third-order valence-electron chi connectivity index (χ3n) is 3.23. The molecule has 1 aromatic carbocycles. The molecule has 0 fully saturated rings. The Morgan fingerprint density at radius 1 is 1.25 bits per heavy atom. The van der Waals surface area contributed by atoms with E-state index in [0.717, 1.165) is 16.9 Å². The average molecular weight is 269 g/mol. The van der Waals surface area contributed by atoms with E-state index in [4.69, 9.17) is 0 Å². The SMILES string of the molecule is CNC(=O)c1ccc(C)c(NC(C)c2ccccn2)c1. The molecule has 2 N–H and O–H groups in total. The van der Waals surface area contributed by atoms with Gasteiger partial charge >= 0.3 is 0 Å². The lowest BCUT2D eigenvalue weighted by Gasteiger charge is -2.17. The van der Waals surface area contributed by atoms with Gasteiger partial charge in [0.15, 0.2) is 0 Å². The number of aromatic nitrogens is 1. The van der Waals surface area contributed by atoms with Crippen LogP contribution in [-0.2, 0) is 0 Å². The summed E-state index contributed by atoms with van der Waals surface area (Å²) < 4.78 is 0. The molecule has 0 aliphatic heterocycles. The van der Waals surface area contributed by atoms with Crippen molar-refractivity contribution < 1.29 is 4.79 Å². The Morgan fingerprint density at radius 3 is 2.70 bits per heavy atom. The third kappa shape index (κ3) is 3.15. The molecular formula is C16H19N3O. The second kappa shape index (κ2) is 6.19. The fourth-order valence-corrected chi connectivity index (χ4v) is 2.00. The first-order chi connectivity index (χ1) is 9.61. The molecular weight excluding hydrogens is 250 g/mol. The van der Waals surface area contributed by atoms with Crippen LogP contribution in [-0.4, -0.2) is 17.9 Å². The molecule has 20 heavy (non-hydrogen) atoms. The first-order valence-electron chi connectivity index (χ1n) is 6.62. The minimum absolute atomic E-state index is 0.0786. The highest BCUT2D eigenvalue weighted by atomic mass is 16.1. The van der Waals surface area contributed by atoms with E-state index < -0.39 is 0 Å².